The van der Waals surface area contributed by atoms with E-state index < -0.39 is 5.91 Å². The van der Waals surface area contributed by atoms with Crippen LogP contribution in [-0.4, -0.2) is 33.8 Å². The van der Waals surface area contributed by atoms with Crippen molar-refractivity contribution in [2.75, 3.05) is 11.9 Å². The zero-order valence-electron chi connectivity index (χ0n) is 15.5. The molecule has 0 atom stereocenters. The van der Waals surface area contributed by atoms with Crippen LogP contribution in [0.15, 0.2) is 48.7 Å². The Kier molecular flexibility index (Phi) is 5.40. The van der Waals surface area contributed by atoms with E-state index in [0.717, 1.165) is 0 Å². The highest BCUT2D eigenvalue weighted by atomic mass is 16.5. The summed E-state index contributed by atoms with van der Waals surface area (Å²) < 4.78 is 7.16. The molecule has 2 heterocycles. The van der Waals surface area contributed by atoms with Crippen molar-refractivity contribution >= 4 is 23.0 Å². The Morgan fingerprint density at radius 2 is 1.85 bits per heavy atom. The van der Waals surface area contributed by atoms with Gasteiger partial charge in [0.25, 0.3) is 11.8 Å². The molecule has 0 bridgehead atoms. The highest BCUT2D eigenvalue weighted by molar-refractivity contribution is 6.09. The Balaban J connectivity index is 1.97. The van der Waals surface area contributed by atoms with Crippen LogP contribution in [0, 0.1) is 0 Å². The van der Waals surface area contributed by atoms with Crippen LogP contribution in [0.5, 0.6) is 5.75 Å². The van der Waals surface area contributed by atoms with Crippen molar-refractivity contribution in [2.24, 2.45) is 0 Å². The number of ether oxygens (including phenoxy) is 1. The third kappa shape index (κ3) is 3.92. The van der Waals surface area contributed by atoms with E-state index >= 15 is 0 Å². The number of nitrogens with zero attached hydrogens (tertiary/aromatic N) is 2. The van der Waals surface area contributed by atoms with Crippen molar-refractivity contribution in [3.05, 3.63) is 60.2 Å². The summed E-state index contributed by atoms with van der Waals surface area (Å²) in [6, 6.07) is 12.5. The highest BCUT2D eigenvalue weighted by Gasteiger charge is 2.22. The number of carbonyl (C=O) groups excluding carboxylic acids is 2. The lowest BCUT2D eigenvalue weighted by Gasteiger charge is -2.10. The van der Waals surface area contributed by atoms with E-state index in [2.05, 4.69) is 15.6 Å². The van der Waals surface area contributed by atoms with Gasteiger partial charge in [0.2, 0.25) is 5.82 Å². The van der Waals surface area contributed by atoms with E-state index in [9.17, 15) is 9.59 Å². The maximum absolute atomic E-state index is 12.9. The zero-order chi connectivity index (χ0) is 19.4. The number of hydrogen-bond acceptors (Lipinski definition) is 4. The highest BCUT2D eigenvalue weighted by Crippen LogP contribution is 2.25. The average Bonchev–Trinajstić information content (AvgIpc) is 3.03. The predicted octanol–water partition coefficient (Wildman–Crippen LogP) is 3.12. The zero-order valence-corrected chi connectivity index (χ0v) is 15.5. The van der Waals surface area contributed by atoms with Gasteiger partial charge in [-0.2, -0.15) is 0 Å². The van der Waals surface area contributed by atoms with Gasteiger partial charge in [0.05, 0.1) is 17.8 Å². The quantitative estimate of drug-likeness (QED) is 0.702. The van der Waals surface area contributed by atoms with Gasteiger partial charge in [-0.3, -0.25) is 14.0 Å². The van der Waals surface area contributed by atoms with Gasteiger partial charge < -0.3 is 15.4 Å². The number of para-hydroxylation sites is 2. The minimum absolute atomic E-state index is 0.0380. The van der Waals surface area contributed by atoms with Crippen molar-refractivity contribution < 1.29 is 14.3 Å². The van der Waals surface area contributed by atoms with Crippen LogP contribution in [0.1, 0.15) is 41.9 Å². The summed E-state index contributed by atoms with van der Waals surface area (Å²) in [6.45, 7) is 6.10. The summed E-state index contributed by atoms with van der Waals surface area (Å²) >= 11 is 0. The van der Waals surface area contributed by atoms with Gasteiger partial charge in [0.1, 0.15) is 5.75 Å². The molecule has 0 spiro atoms. The number of hydrogen-bond donors (Lipinski definition) is 2. The van der Waals surface area contributed by atoms with Gasteiger partial charge in [-0.15, -0.1) is 0 Å². The Bertz CT molecular complexity index is 978. The predicted molar refractivity (Wildman–Crippen MR) is 103 cm³/mol. The van der Waals surface area contributed by atoms with Crippen molar-refractivity contribution in [3.63, 3.8) is 0 Å². The van der Waals surface area contributed by atoms with E-state index in [1.165, 1.54) is 0 Å². The summed E-state index contributed by atoms with van der Waals surface area (Å²) in [5.74, 6) is 0.00611. The molecule has 2 aromatic heterocycles. The van der Waals surface area contributed by atoms with Crippen LogP contribution >= 0.6 is 0 Å². The van der Waals surface area contributed by atoms with Gasteiger partial charge in [-0.1, -0.05) is 18.2 Å². The van der Waals surface area contributed by atoms with Crippen LogP contribution in [0.4, 0.5) is 5.69 Å². The molecule has 7 heteroatoms. The van der Waals surface area contributed by atoms with Crippen molar-refractivity contribution in [2.45, 2.75) is 26.8 Å². The maximum Gasteiger partial charge on any atom is 0.287 e. The van der Waals surface area contributed by atoms with E-state index in [4.69, 9.17) is 4.74 Å². The molecule has 0 unspecified atom stereocenters. The monoisotopic (exact) mass is 366 g/mol. The summed E-state index contributed by atoms with van der Waals surface area (Å²) in [7, 11) is 0. The molecule has 0 aliphatic rings. The van der Waals surface area contributed by atoms with Gasteiger partial charge >= 0.3 is 0 Å². The normalized spacial score (nSPS) is 10.8. The second-order valence-corrected chi connectivity index (χ2v) is 6.25. The summed E-state index contributed by atoms with van der Waals surface area (Å²) in [5, 5.41) is 5.63. The molecule has 3 rings (SSSR count). The number of benzene rings is 1. The van der Waals surface area contributed by atoms with Crippen molar-refractivity contribution in [1.29, 1.82) is 0 Å². The Morgan fingerprint density at radius 1 is 1.11 bits per heavy atom. The van der Waals surface area contributed by atoms with E-state index in [1.54, 1.807) is 40.9 Å². The Hall–Kier alpha value is -3.35. The third-order valence-corrected chi connectivity index (χ3v) is 3.82. The van der Waals surface area contributed by atoms with E-state index in [-0.39, 0.29) is 23.5 Å². The molecule has 27 heavy (non-hydrogen) atoms. The van der Waals surface area contributed by atoms with Gasteiger partial charge in [-0.25, -0.2) is 4.98 Å². The minimum Gasteiger partial charge on any atom is -0.492 e. The lowest BCUT2D eigenvalue weighted by Crippen LogP contribution is -2.31. The van der Waals surface area contributed by atoms with Crippen LogP contribution in [-0.2, 0) is 0 Å². The largest absolute Gasteiger partial charge is 0.492 e. The molecule has 0 aliphatic carbocycles. The lowest BCUT2D eigenvalue weighted by molar-refractivity contribution is 0.0932. The summed E-state index contributed by atoms with van der Waals surface area (Å²) in [5.41, 5.74) is 1.28. The number of fused-ring (bicyclic) bond motifs is 1. The number of carbonyl (C=O) groups is 2. The fourth-order valence-corrected chi connectivity index (χ4v) is 2.72. The average molecular weight is 366 g/mol. The molecule has 3 aromatic rings. The third-order valence-electron chi connectivity index (χ3n) is 3.82. The lowest BCUT2D eigenvalue weighted by atomic mass is 10.2. The number of rotatable bonds is 6. The standard InChI is InChI=1S/C20H22N4O3/c1-4-27-16-11-6-5-9-14(16)22-19(25)17-15-10-7-8-12-24(15)18(23-17)20(26)21-13(2)3/h5-13H,4H2,1-3H3,(H,21,26)(H,22,25). The van der Waals surface area contributed by atoms with Gasteiger partial charge in [0.15, 0.2) is 5.69 Å². The van der Waals surface area contributed by atoms with Crippen molar-refractivity contribution in [1.82, 2.24) is 14.7 Å². The van der Waals surface area contributed by atoms with E-state index in [1.807, 2.05) is 32.9 Å². The molecule has 0 fully saturated rings. The molecule has 7 nitrogen and oxygen atoms in total. The second kappa shape index (κ2) is 7.90. The van der Waals surface area contributed by atoms with Crippen molar-refractivity contribution in [3.8, 4) is 5.75 Å². The number of anilines is 1. The summed E-state index contributed by atoms with van der Waals surface area (Å²) in [6.07, 6.45) is 1.71. The molecule has 2 amide bonds. The number of amides is 2. The first-order chi connectivity index (χ1) is 13.0. The SMILES string of the molecule is CCOc1ccccc1NC(=O)c1nc(C(=O)NC(C)C)n2ccccc12. The molecule has 140 valence electrons. The first kappa shape index (κ1) is 18.4. The molecular weight excluding hydrogens is 344 g/mol. The van der Waals surface area contributed by atoms with Crippen LogP contribution in [0.2, 0.25) is 0 Å². The second-order valence-electron chi connectivity index (χ2n) is 6.25. The molecule has 0 radical (unpaired) electrons. The molecule has 0 saturated heterocycles. The van der Waals surface area contributed by atoms with Crippen LogP contribution < -0.4 is 15.4 Å². The maximum atomic E-state index is 12.9. The molecule has 0 saturated carbocycles. The Morgan fingerprint density at radius 3 is 2.59 bits per heavy atom. The minimum atomic E-state index is -0.408. The molecule has 0 aliphatic heterocycles. The van der Waals surface area contributed by atoms with Crippen LogP contribution in [0.25, 0.3) is 5.52 Å². The van der Waals surface area contributed by atoms with E-state index in [0.29, 0.717) is 23.6 Å². The number of aromatic nitrogens is 2. The Labute approximate surface area is 157 Å². The van der Waals surface area contributed by atoms with Gasteiger partial charge in [-0.05, 0) is 45.0 Å². The fourth-order valence-electron chi connectivity index (χ4n) is 2.72. The number of nitrogens with one attached hydrogen (secondary N) is 2. The summed E-state index contributed by atoms with van der Waals surface area (Å²) in [4.78, 5) is 29.6. The molecule has 2 N–H and O–H groups in total. The number of imidazole rings is 1. The topological polar surface area (TPSA) is 84.7 Å². The number of pyridine rings is 1. The fraction of sp³-hybridized carbons (Fsp3) is 0.250. The molecular formula is C20H22N4O3. The smallest absolute Gasteiger partial charge is 0.287 e. The van der Waals surface area contributed by atoms with Gasteiger partial charge in [0, 0.05) is 12.2 Å². The first-order valence-corrected chi connectivity index (χ1v) is 8.82. The molecule has 1 aromatic carbocycles. The van der Waals surface area contributed by atoms with Crippen LogP contribution in [0.3, 0.4) is 0 Å². The first-order valence-electron chi connectivity index (χ1n) is 8.82.